The summed E-state index contributed by atoms with van der Waals surface area (Å²) in [5.74, 6) is -2.45. The molecule has 3 fully saturated rings. The zero-order valence-corrected chi connectivity index (χ0v) is 11.5. The molecule has 0 aromatic carbocycles. The number of hydrogen-bond donors (Lipinski definition) is 0. The Labute approximate surface area is 108 Å². The maximum Gasteiger partial charge on any atom is 0.251 e. The smallest absolute Gasteiger partial charge is 0.251 e. The van der Waals surface area contributed by atoms with Crippen LogP contribution < -0.4 is 0 Å². The predicted molar refractivity (Wildman–Crippen MR) is 67.6 cm³/mol. The molecule has 2 bridgehead atoms. The lowest BCUT2D eigenvalue weighted by Gasteiger charge is -2.71. The van der Waals surface area contributed by atoms with E-state index in [0.717, 1.165) is 13.3 Å². The van der Waals surface area contributed by atoms with Crippen LogP contribution in [-0.2, 0) is 4.79 Å². The molecule has 0 spiro atoms. The second kappa shape index (κ2) is 3.64. The van der Waals surface area contributed by atoms with Crippen LogP contribution in [0.3, 0.4) is 0 Å². The minimum atomic E-state index is -2.63. The van der Waals surface area contributed by atoms with Gasteiger partial charge in [-0.1, -0.05) is 19.9 Å². The Morgan fingerprint density at radius 1 is 1.28 bits per heavy atom. The SMILES string of the molecule is C=CCC(C)(C)CC(=O)C12CC(C(C)(F)F)(C1)C2. The third kappa shape index (κ3) is 1.83. The van der Waals surface area contributed by atoms with Gasteiger partial charge < -0.3 is 0 Å². The van der Waals surface area contributed by atoms with E-state index >= 15 is 0 Å². The van der Waals surface area contributed by atoms with Crippen molar-refractivity contribution in [2.24, 2.45) is 16.2 Å². The first-order valence-corrected chi connectivity index (χ1v) is 6.58. The van der Waals surface area contributed by atoms with Crippen LogP contribution in [0.2, 0.25) is 0 Å². The third-order valence-electron chi connectivity index (χ3n) is 4.89. The first-order chi connectivity index (χ1) is 8.06. The van der Waals surface area contributed by atoms with E-state index in [1.807, 2.05) is 19.9 Å². The molecule has 0 heterocycles. The average Bonchev–Trinajstić information content (AvgIpc) is 1.92. The van der Waals surface area contributed by atoms with Crippen molar-refractivity contribution in [2.75, 3.05) is 0 Å². The largest absolute Gasteiger partial charge is 0.299 e. The number of halogens is 2. The highest BCUT2D eigenvalue weighted by Crippen LogP contribution is 2.78. The van der Waals surface area contributed by atoms with Crippen molar-refractivity contribution in [3.05, 3.63) is 12.7 Å². The number of Topliss-reactive ketones (excluding diaryl/α,β-unsaturated/α-hetero) is 1. The topological polar surface area (TPSA) is 17.1 Å². The quantitative estimate of drug-likeness (QED) is 0.645. The Kier molecular flexibility index (Phi) is 2.77. The highest BCUT2D eigenvalue weighted by atomic mass is 19.3. The predicted octanol–water partition coefficient (Wildman–Crippen LogP) is 4.37. The molecular weight excluding hydrogens is 234 g/mol. The number of rotatable bonds is 6. The molecule has 18 heavy (non-hydrogen) atoms. The Hall–Kier alpha value is -0.730. The summed E-state index contributed by atoms with van der Waals surface area (Å²) in [5.41, 5.74) is -1.36. The normalized spacial score (nSPS) is 34.5. The van der Waals surface area contributed by atoms with Gasteiger partial charge >= 0.3 is 0 Å². The molecule has 3 aliphatic rings. The van der Waals surface area contributed by atoms with Crippen molar-refractivity contribution in [1.82, 2.24) is 0 Å². The minimum Gasteiger partial charge on any atom is -0.299 e. The first kappa shape index (κ1) is 13.7. The van der Waals surface area contributed by atoms with Gasteiger partial charge in [0.2, 0.25) is 0 Å². The van der Waals surface area contributed by atoms with Crippen molar-refractivity contribution < 1.29 is 13.6 Å². The maximum atomic E-state index is 13.4. The molecule has 0 saturated heterocycles. The van der Waals surface area contributed by atoms with E-state index in [1.165, 1.54) is 0 Å². The second-order valence-electron chi connectivity index (χ2n) is 7.24. The lowest BCUT2D eigenvalue weighted by Crippen LogP contribution is -2.71. The van der Waals surface area contributed by atoms with Crippen molar-refractivity contribution in [3.63, 3.8) is 0 Å². The van der Waals surface area contributed by atoms with Gasteiger partial charge in [-0.25, -0.2) is 8.78 Å². The van der Waals surface area contributed by atoms with Crippen LogP contribution in [0, 0.1) is 16.2 Å². The summed E-state index contributed by atoms with van der Waals surface area (Å²) in [6.45, 7) is 8.74. The van der Waals surface area contributed by atoms with Crippen LogP contribution in [0.25, 0.3) is 0 Å². The summed E-state index contributed by atoms with van der Waals surface area (Å²) in [5, 5.41) is 0. The van der Waals surface area contributed by atoms with E-state index < -0.39 is 16.8 Å². The standard InChI is InChI=1S/C15H22F2O/c1-5-6-12(2,3)7-11(18)14-8-15(9-14,10-14)13(4,16)17/h5H,1,6-10H2,2-4H3. The lowest BCUT2D eigenvalue weighted by atomic mass is 9.32. The number of alkyl halides is 2. The highest BCUT2D eigenvalue weighted by Gasteiger charge is 2.77. The molecule has 0 aromatic heterocycles. The molecule has 1 nitrogen and oxygen atoms in total. The van der Waals surface area contributed by atoms with Gasteiger partial charge in [-0.05, 0) is 38.0 Å². The molecule has 0 aliphatic heterocycles. The Morgan fingerprint density at radius 2 is 1.78 bits per heavy atom. The minimum absolute atomic E-state index is 0.101. The molecule has 102 valence electrons. The molecule has 3 aliphatic carbocycles. The molecule has 3 heteroatoms. The number of carbonyl (C=O) groups is 1. The van der Waals surface area contributed by atoms with Crippen LogP contribution in [0.15, 0.2) is 12.7 Å². The molecule has 3 rings (SSSR count). The summed E-state index contributed by atoms with van der Waals surface area (Å²) < 4.78 is 26.7. The zero-order valence-electron chi connectivity index (χ0n) is 11.5. The van der Waals surface area contributed by atoms with Gasteiger partial charge in [0.25, 0.3) is 5.92 Å². The van der Waals surface area contributed by atoms with Crippen LogP contribution >= 0.6 is 0 Å². The van der Waals surface area contributed by atoms with Gasteiger partial charge in [0.05, 0.1) is 0 Å². The fourth-order valence-electron chi connectivity index (χ4n) is 3.63. The summed E-state index contributed by atoms with van der Waals surface area (Å²) in [4.78, 5) is 12.3. The van der Waals surface area contributed by atoms with Crippen LogP contribution in [0.1, 0.15) is 52.9 Å². The van der Waals surface area contributed by atoms with E-state index in [9.17, 15) is 13.6 Å². The Morgan fingerprint density at radius 3 is 2.17 bits per heavy atom. The molecule has 0 atom stereocenters. The van der Waals surface area contributed by atoms with Crippen molar-refractivity contribution in [1.29, 1.82) is 0 Å². The number of allylic oxidation sites excluding steroid dienone is 1. The molecule has 0 aromatic rings. The monoisotopic (exact) mass is 256 g/mol. The maximum absolute atomic E-state index is 13.4. The fraction of sp³-hybridized carbons (Fsp3) is 0.800. The first-order valence-electron chi connectivity index (χ1n) is 6.58. The van der Waals surface area contributed by atoms with Gasteiger partial charge in [0.1, 0.15) is 5.78 Å². The second-order valence-corrected chi connectivity index (χ2v) is 7.24. The van der Waals surface area contributed by atoms with Crippen LogP contribution in [0.4, 0.5) is 8.78 Å². The van der Waals surface area contributed by atoms with Crippen molar-refractivity contribution in [2.45, 2.75) is 58.8 Å². The van der Waals surface area contributed by atoms with E-state index in [0.29, 0.717) is 25.7 Å². The van der Waals surface area contributed by atoms with Crippen LogP contribution in [0.5, 0.6) is 0 Å². The van der Waals surface area contributed by atoms with Crippen LogP contribution in [-0.4, -0.2) is 11.7 Å². The summed E-state index contributed by atoms with van der Waals surface area (Å²) in [6.07, 6.45) is 4.26. The fourth-order valence-corrected chi connectivity index (χ4v) is 3.63. The third-order valence-corrected chi connectivity index (χ3v) is 4.89. The summed E-state index contributed by atoms with van der Waals surface area (Å²) in [7, 11) is 0. The molecule has 0 unspecified atom stereocenters. The molecule has 3 saturated carbocycles. The van der Waals surface area contributed by atoms with Gasteiger partial charge in [-0.2, -0.15) is 0 Å². The van der Waals surface area contributed by atoms with E-state index in [1.54, 1.807) is 0 Å². The number of hydrogen-bond acceptors (Lipinski definition) is 1. The summed E-state index contributed by atoms with van der Waals surface area (Å²) in [6, 6.07) is 0. The van der Waals surface area contributed by atoms with Crippen molar-refractivity contribution in [3.8, 4) is 0 Å². The van der Waals surface area contributed by atoms with Gasteiger partial charge in [0.15, 0.2) is 0 Å². The summed E-state index contributed by atoms with van der Waals surface area (Å²) >= 11 is 0. The van der Waals surface area contributed by atoms with E-state index in [-0.39, 0.29) is 11.2 Å². The Bertz CT molecular complexity index is 370. The van der Waals surface area contributed by atoms with Gasteiger partial charge in [0, 0.05) is 17.3 Å². The van der Waals surface area contributed by atoms with E-state index in [2.05, 4.69) is 6.58 Å². The number of ketones is 1. The zero-order chi connectivity index (χ0) is 13.8. The highest BCUT2D eigenvalue weighted by molar-refractivity contribution is 5.89. The number of carbonyl (C=O) groups excluding carboxylic acids is 1. The van der Waals surface area contributed by atoms with Gasteiger partial charge in [-0.3, -0.25) is 4.79 Å². The molecule has 0 N–H and O–H groups in total. The average molecular weight is 256 g/mol. The van der Waals surface area contributed by atoms with E-state index in [4.69, 9.17) is 0 Å². The molecule has 0 radical (unpaired) electrons. The van der Waals surface area contributed by atoms with Crippen molar-refractivity contribution >= 4 is 5.78 Å². The molecule has 0 amide bonds. The lowest BCUT2D eigenvalue weighted by molar-refractivity contribution is -0.295. The Balaban J connectivity index is 1.94. The van der Waals surface area contributed by atoms with Gasteiger partial charge in [-0.15, -0.1) is 6.58 Å². The molecular formula is C15H22F2O.